The molecule has 2 aromatic rings. The number of halogens is 3. The number of rotatable bonds is 2. The van der Waals surface area contributed by atoms with E-state index < -0.39 is 11.6 Å². The van der Waals surface area contributed by atoms with Crippen molar-refractivity contribution in [3.8, 4) is 11.5 Å². The van der Waals surface area contributed by atoms with E-state index in [0.717, 1.165) is 17.7 Å². The lowest BCUT2D eigenvalue weighted by atomic mass is 10.1. The van der Waals surface area contributed by atoms with Crippen molar-refractivity contribution in [3.05, 3.63) is 52.0 Å². The van der Waals surface area contributed by atoms with E-state index in [0.29, 0.717) is 5.75 Å². The predicted molar refractivity (Wildman–Crippen MR) is 74.0 cm³/mol. The van der Waals surface area contributed by atoms with Crippen LogP contribution in [0.3, 0.4) is 0 Å². The SMILES string of the molecule is Oc1ccc2c(c1)OCC2Nc1cc(F)c(Br)cc1F. The smallest absolute Gasteiger partial charge is 0.147 e. The number of phenolic OH excluding ortho intramolecular Hbond substituents is 1. The van der Waals surface area contributed by atoms with Crippen LogP contribution < -0.4 is 10.1 Å². The number of hydrogen-bond donors (Lipinski definition) is 2. The summed E-state index contributed by atoms with van der Waals surface area (Å²) in [6, 6.07) is 6.60. The van der Waals surface area contributed by atoms with Crippen LogP contribution in [-0.4, -0.2) is 11.7 Å². The molecule has 1 aliphatic heterocycles. The first kappa shape index (κ1) is 13.2. The largest absolute Gasteiger partial charge is 0.508 e. The molecule has 0 bridgehead atoms. The number of benzene rings is 2. The maximum absolute atomic E-state index is 13.8. The van der Waals surface area contributed by atoms with E-state index >= 15 is 0 Å². The van der Waals surface area contributed by atoms with Gasteiger partial charge in [-0.15, -0.1) is 0 Å². The van der Waals surface area contributed by atoms with Crippen LogP contribution in [0.25, 0.3) is 0 Å². The van der Waals surface area contributed by atoms with Crippen LogP contribution >= 0.6 is 15.9 Å². The normalized spacial score (nSPS) is 16.6. The maximum Gasteiger partial charge on any atom is 0.147 e. The number of anilines is 1. The van der Waals surface area contributed by atoms with Gasteiger partial charge in [-0.3, -0.25) is 0 Å². The molecule has 1 aliphatic rings. The van der Waals surface area contributed by atoms with Gasteiger partial charge in [0.05, 0.1) is 16.2 Å². The molecule has 3 rings (SSSR count). The third kappa shape index (κ3) is 2.31. The van der Waals surface area contributed by atoms with Crippen LogP contribution in [0, 0.1) is 11.6 Å². The lowest BCUT2D eigenvalue weighted by molar-refractivity contribution is 0.338. The summed E-state index contributed by atoms with van der Waals surface area (Å²) < 4.78 is 32.7. The van der Waals surface area contributed by atoms with Gasteiger partial charge in [-0.25, -0.2) is 8.78 Å². The topological polar surface area (TPSA) is 41.5 Å². The molecule has 0 aliphatic carbocycles. The van der Waals surface area contributed by atoms with Crippen molar-refractivity contribution in [2.24, 2.45) is 0 Å². The van der Waals surface area contributed by atoms with Gasteiger partial charge >= 0.3 is 0 Å². The third-order valence-corrected chi connectivity index (χ3v) is 3.73. The quantitative estimate of drug-likeness (QED) is 0.812. The number of phenols is 1. The van der Waals surface area contributed by atoms with E-state index in [2.05, 4.69) is 21.2 Å². The lowest BCUT2D eigenvalue weighted by Crippen LogP contribution is -2.13. The lowest BCUT2D eigenvalue weighted by Gasteiger charge is -2.14. The molecule has 0 aromatic heterocycles. The molecular weight excluding hydrogens is 332 g/mol. The van der Waals surface area contributed by atoms with Gasteiger partial charge in [0.15, 0.2) is 0 Å². The Hall–Kier alpha value is -1.82. The van der Waals surface area contributed by atoms with Gasteiger partial charge < -0.3 is 15.2 Å². The van der Waals surface area contributed by atoms with Crippen LogP contribution in [0.5, 0.6) is 11.5 Å². The zero-order valence-electron chi connectivity index (χ0n) is 10.2. The Morgan fingerprint density at radius 2 is 2.00 bits per heavy atom. The second-order valence-electron chi connectivity index (χ2n) is 4.48. The summed E-state index contributed by atoms with van der Waals surface area (Å²) in [6.07, 6.45) is 0. The van der Waals surface area contributed by atoms with Crippen LogP contribution in [-0.2, 0) is 0 Å². The van der Waals surface area contributed by atoms with E-state index in [1.54, 1.807) is 6.07 Å². The Labute approximate surface area is 122 Å². The monoisotopic (exact) mass is 341 g/mol. The average Bonchev–Trinajstić information content (AvgIpc) is 2.78. The zero-order chi connectivity index (χ0) is 14.3. The number of ether oxygens (including phenoxy) is 1. The summed E-state index contributed by atoms with van der Waals surface area (Å²) in [7, 11) is 0. The highest BCUT2D eigenvalue weighted by atomic mass is 79.9. The molecule has 0 amide bonds. The molecule has 2 N–H and O–H groups in total. The molecule has 6 heteroatoms. The van der Waals surface area contributed by atoms with Crippen molar-refractivity contribution in [1.29, 1.82) is 0 Å². The van der Waals surface area contributed by atoms with Gasteiger partial charge in [-0.1, -0.05) is 0 Å². The molecule has 0 fully saturated rings. The highest BCUT2D eigenvalue weighted by Crippen LogP contribution is 2.37. The molecule has 1 unspecified atom stereocenters. The third-order valence-electron chi connectivity index (χ3n) is 3.12. The van der Waals surface area contributed by atoms with Crippen LogP contribution in [0.4, 0.5) is 14.5 Å². The van der Waals surface area contributed by atoms with Crippen LogP contribution in [0.15, 0.2) is 34.8 Å². The van der Waals surface area contributed by atoms with E-state index in [1.807, 2.05) is 0 Å². The molecule has 3 nitrogen and oxygen atoms in total. The highest BCUT2D eigenvalue weighted by Gasteiger charge is 2.25. The van der Waals surface area contributed by atoms with Crippen molar-refractivity contribution < 1.29 is 18.6 Å². The number of aromatic hydroxyl groups is 1. The molecule has 1 atom stereocenters. The predicted octanol–water partition coefficient (Wildman–Crippen LogP) is 3.98. The Morgan fingerprint density at radius 3 is 2.80 bits per heavy atom. The van der Waals surface area contributed by atoms with E-state index in [-0.39, 0.29) is 28.6 Å². The summed E-state index contributed by atoms with van der Waals surface area (Å²) in [5, 5.41) is 12.3. The number of fused-ring (bicyclic) bond motifs is 1. The second-order valence-corrected chi connectivity index (χ2v) is 5.33. The summed E-state index contributed by atoms with van der Waals surface area (Å²) in [4.78, 5) is 0. The number of hydrogen-bond acceptors (Lipinski definition) is 3. The van der Waals surface area contributed by atoms with Crippen LogP contribution in [0.1, 0.15) is 11.6 Å². The van der Waals surface area contributed by atoms with Gasteiger partial charge in [0.25, 0.3) is 0 Å². The standard InChI is InChI=1S/C14H10BrF2NO2/c15-9-4-11(17)12(5-10(9)16)18-13-6-20-14-3-7(19)1-2-8(13)14/h1-5,13,18-19H,6H2. The minimum atomic E-state index is -0.550. The Morgan fingerprint density at radius 1 is 1.20 bits per heavy atom. The van der Waals surface area contributed by atoms with Gasteiger partial charge in [-0.05, 0) is 34.1 Å². The fraction of sp³-hybridized carbons (Fsp3) is 0.143. The van der Waals surface area contributed by atoms with Gasteiger partial charge in [0.2, 0.25) is 0 Å². The van der Waals surface area contributed by atoms with E-state index in [4.69, 9.17) is 4.74 Å². The fourth-order valence-electron chi connectivity index (χ4n) is 2.14. The fourth-order valence-corrected chi connectivity index (χ4v) is 2.45. The van der Waals surface area contributed by atoms with E-state index in [1.165, 1.54) is 12.1 Å². The van der Waals surface area contributed by atoms with Crippen LogP contribution in [0.2, 0.25) is 0 Å². The Balaban J connectivity index is 1.89. The molecule has 0 saturated carbocycles. The molecule has 0 radical (unpaired) electrons. The summed E-state index contributed by atoms with van der Waals surface area (Å²) in [6.45, 7) is 0.288. The second kappa shape index (κ2) is 4.94. The molecule has 20 heavy (non-hydrogen) atoms. The first-order chi connectivity index (χ1) is 9.54. The summed E-state index contributed by atoms with van der Waals surface area (Å²) in [5.74, 6) is -0.449. The van der Waals surface area contributed by atoms with Crippen molar-refractivity contribution in [2.45, 2.75) is 6.04 Å². The van der Waals surface area contributed by atoms with Gasteiger partial charge in [-0.2, -0.15) is 0 Å². The van der Waals surface area contributed by atoms with Crippen molar-refractivity contribution in [3.63, 3.8) is 0 Å². The molecule has 0 saturated heterocycles. The Bertz CT molecular complexity index is 678. The van der Waals surface area contributed by atoms with Gasteiger partial charge in [0, 0.05) is 17.7 Å². The average molecular weight is 342 g/mol. The van der Waals surface area contributed by atoms with Gasteiger partial charge in [0.1, 0.15) is 29.7 Å². The molecule has 1 heterocycles. The molecular formula is C14H10BrF2NO2. The highest BCUT2D eigenvalue weighted by molar-refractivity contribution is 9.10. The molecule has 2 aromatic carbocycles. The van der Waals surface area contributed by atoms with Crippen molar-refractivity contribution >= 4 is 21.6 Å². The molecule has 0 spiro atoms. The number of nitrogens with one attached hydrogen (secondary N) is 1. The van der Waals surface area contributed by atoms with Crippen molar-refractivity contribution in [2.75, 3.05) is 11.9 Å². The van der Waals surface area contributed by atoms with E-state index in [9.17, 15) is 13.9 Å². The summed E-state index contributed by atoms with van der Waals surface area (Å²) in [5.41, 5.74) is 0.866. The van der Waals surface area contributed by atoms with Crippen molar-refractivity contribution in [1.82, 2.24) is 0 Å². The maximum atomic E-state index is 13.8. The minimum Gasteiger partial charge on any atom is -0.508 e. The Kier molecular flexibility index (Phi) is 3.25. The first-order valence-corrected chi connectivity index (χ1v) is 6.70. The zero-order valence-corrected chi connectivity index (χ0v) is 11.7. The summed E-state index contributed by atoms with van der Waals surface area (Å²) >= 11 is 2.93. The minimum absolute atomic E-state index is 0.0697. The first-order valence-electron chi connectivity index (χ1n) is 5.91. The molecule has 104 valence electrons.